The van der Waals surface area contributed by atoms with Crippen LogP contribution in [0, 0.1) is 0 Å². The molecule has 130 valence electrons. The van der Waals surface area contributed by atoms with E-state index in [1.54, 1.807) is 0 Å². The van der Waals surface area contributed by atoms with Crippen LogP contribution in [-0.4, -0.2) is 43.0 Å². The molecule has 0 spiro atoms. The van der Waals surface area contributed by atoms with Crippen LogP contribution in [0.4, 0.5) is 0 Å². The van der Waals surface area contributed by atoms with Crippen LogP contribution in [0.15, 0.2) is 29.7 Å². The summed E-state index contributed by atoms with van der Waals surface area (Å²) in [5.74, 6) is -0.836. The van der Waals surface area contributed by atoms with Gasteiger partial charge < -0.3 is 19.7 Å². The molecular formula is C18H26BNO4. The topological polar surface area (TPSA) is 67.8 Å². The number of carboxylic acids is 1. The minimum absolute atomic E-state index is 0.0134. The molecule has 2 rings (SSSR count). The molecule has 1 fully saturated rings. The lowest BCUT2D eigenvalue weighted by atomic mass is 9.77. The molecule has 0 bridgehead atoms. The van der Waals surface area contributed by atoms with Gasteiger partial charge in [-0.15, -0.1) is 0 Å². The third kappa shape index (κ3) is 4.26. The summed E-state index contributed by atoms with van der Waals surface area (Å²) in [7, 11) is 1.45. The van der Waals surface area contributed by atoms with Crippen molar-refractivity contribution < 1.29 is 19.2 Å². The molecule has 1 saturated heterocycles. The number of carboxylic acid groups (broad SMARTS) is 1. The Balaban J connectivity index is 2.28. The van der Waals surface area contributed by atoms with Crippen molar-refractivity contribution in [1.29, 1.82) is 0 Å². The predicted molar refractivity (Wildman–Crippen MR) is 95.8 cm³/mol. The fourth-order valence-electron chi connectivity index (χ4n) is 2.58. The van der Waals surface area contributed by atoms with E-state index in [9.17, 15) is 4.79 Å². The van der Waals surface area contributed by atoms with E-state index in [0.29, 0.717) is 6.54 Å². The summed E-state index contributed by atoms with van der Waals surface area (Å²) in [6, 6.07) is 7.52. The zero-order valence-electron chi connectivity index (χ0n) is 15.1. The predicted octanol–water partition coefficient (Wildman–Crippen LogP) is 2.55. The maximum Gasteiger partial charge on any atom is 0.491 e. The highest BCUT2D eigenvalue weighted by molar-refractivity contribution is 6.55. The highest BCUT2D eigenvalue weighted by Crippen LogP contribution is 2.38. The zero-order valence-corrected chi connectivity index (χ0v) is 15.1. The molecule has 0 aromatic heterocycles. The first-order valence-corrected chi connectivity index (χ1v) is 8.16. The molecular weight excluding hydrogens is 305 g/mol. The average Bonchev–Trinajstić information content (AvgIpc) is 2.66. The summed E-state index contributed by atoms with van der Waals surface area (Å²) in [6.45, 7) is 8.73. The third-order valence-electron chi connectivity index (χ3n) is 4.60. The molecule has 0 amide bonds. The van der Waals surface area contributed by atoms with Crippen molar-refractivity contribution in [2.24, 2.45) is 0 Å². The number of rotatable bonds is 6. The summed E-state index contributed by atoms with van der Waals surface area (Å²) in [4.78, 5) is 10.9. The number of hydrogen-bond donors (Lipinski definition) is 2. The SMILES string of the molecule is CNCC(=Cc1cccc(CC(=O)O)c1)B1OC(C)(C)C(C)(C)O1. The van der Waals surface area contributed by atoms with Gasteiger partial charge in [-0.3, -0.25) is 4.79 Å². The second kappa shape index (κ2) is 7.09. The van der Waals surface area contributed by atoms with Crippen molar-refractivity contribution in [3.63, 3.8) is 0 Å². The van der Waals surface area contributed by atoms with E-state index in [-0.39, 0.29) is 6.42 Å². The molecule has 0 saturated carbocycles. The van der Waals surface area contributed by atoms with Gasteiger partial charge in [0.25, 0.3) is 0 Å². The van der Waals surface area contributed by atoms with Crippen molar-refractivity contribution in [3.05, 3.63) is 40.9 Å². The first-order valence-electron chi connectivity index (χ1n) is 8.16. The molecule has 24 heavy (non-hydrogen) atoms. The van der Waals surface area contributed by atoms with Gasteiger partial charge in [-0.1, -0.05) is 30.3 Å². The number of benzene rings is 1. The maximum absolute atomic E-state index is 10.9. The lowest BCUT2D eigenvalue weighted by Gasteiger charge is -2.32. The van der Waals surface area contributed by atoms with E-state index in [1.165, 1.54) is 0 Å². The summed E-state index contributed by atoms with van der Waals surface area (Å²) in [5.41, 5.74) is 1.90. The summed E-state index contributed by atoms with van der Waals surface area (Å²) in [5, 5.41) is 12.1. The van der Waals surface area contributed by atoms with E-state index < -0.39 is 24.3 Å². The molecule has 0 radical (unpaired) electrons. The fourth-order valence-corrected chi connectivity index (χ4v) is 2.58. The Morgan fingerprint density at radius 3 is 2.42 bits per heavy atom. The van der Waals surface area contributed by atoms with Crippen LogP contribution in [0.5, 0.6) is 0 Å². The summed E-state index contributed by atoms with van der Waals surface area (Å²) < 4.78 is 12.2. The van der Waals surface area contributed by atoms with Crippen LogP contribution in [-0.2, 0) is 20.5 Å². The first-order chi connectivity index (χ1) is 11.1. The van der Waals surface area contributed by atoms with Crippen molar-refractivity contribution in [1.82, 2.24) is 5.32 Å². The van der Waals surface area contributed by atoms with Gasteiger partial charge in [-0.05, 0) is 51.3 Å². The Kier molecular flexibility index (Phi) is 5.53. The molecule has 1 aromatic carbocycles. The third-order valence-corrected chi connectivity index (χ3v) is 4.60. The van der Waals surface area contributed by atoms with Crippen LogP contribution in [0.2, 0.25) is 0 Å². The van der Waals surface area contributed by atoms with E-state index >= 15 is 0 Å². The summed E-state index contributed by atoms with van der Waals surface area (Å²) >= 11 is 0. The van der Waals surface area contributed by atoms with E-state index in [1.807, 2.05) is 65.1 Å². The minimum atomic E-state index is -0.836. The lowest BCUT2D eigenvalue weighted by molar-refractivity contribution is -0.136. The second-order valence-corrected chi connectivity index (χ2v) is 7.15. The lowest BCUT2D eigenvalue weighted by Crippen LogP contribution is -2.41. The van der Waals surface area contributed by atoms with Gasteiger partial charge in [0.05, 0.1) is 17.6 Å². The van der Waals surface area contributed by atoms with Gasteiger partial charge in [0.15, 0.2) is 0 Å². The molecule has 1 heterocycles. The van der Waals surface area contributed by atoms with Gasteiger partial charge in [0.2, 0.25) is 0 Å². The van der Waals surface area contributed by atoms with Crippen molar-refractivity contribution in [3.8, 4) is 0 Å². The molecule has 0 atom stereocenters. The van der Waals surface area contributed by atoms with Crippen molar-refractivity contribution >= 4 is 19.2 Å². The molecule has 1 aliphatic heterocycles. The first kappa shape index (κ1) is 18.7. The molecule has 5 nitrogen and oxygen atoms in total. The van der Waals surface area contributed by atoms with Crippen LogP contribution in [0.3, 0.4) is 0 Å². The molecule has 0 unspecified atom stereocenters. The molecule has 0 aliphatic carbocycles. The highest BCUT2D eigenvalue weighted by Gasteiger charge is 2.52. The molecule has 1 aromatic rings. The number of aliphatic carboxylic acids is 1. The second-order valence-electron chi connectivity index (χ2n) is 7.15. The normalized spacial score (nSPS) is 19.5. The Bertz CT molecular complexity index is 624. The maximum atomic E-state index is 10.9. The number of likely N-dealkylation sites (N-methyl/N-ethyl adjacent to an activating group) is 1. The van der Waals surface area contributed by atoms with Crippen LogP contribution in [0.25, 0.3) is 6.08 Å². The standard InChI is InChI=1S/C18H26BNO4/c1-17(2)18(3,4)24-19(23-17)15(12-20-5)10-13-7-6-8-14(9-13)11-16(21)22/h6-10,20H,11-12H2,1-5H3,(H,21,22). The van der Waals surface area contributed by atoms with Gasteiger partial charge >= 0.3 is 13.1 Å². The van der Waals surface area contributed by atoms with Gasteiger partial charge in [-0.25, -0.2) is 0 Å². The van der Waals surface area contributed by atoms with Gasteiger partial charge in [-0.2, -0.15) is 0 Å². The zero-order chi connectivity index (χ0) is 18.0. The largest absolute Gasteiger partial charge is 0.491 e. The van der Waals surface area contributed by atoms with Crippen molar-refractivity contribution in [2.45, 2.75) is 45.3 Å². The van der Waals surface area contributed by atoms with E-state index in [0.717, 1.165) is 16.6 Å². The monoisotopic (exact) mass is 331 g/mol. The van der Waals surface area contributed by atoms with Crippen molar-refractivity contribution in [2.75, 3.05) is 13.6 Å². The minimum Gasteiger partial charge on any atom is -0.481 e. The quantitative estimate of drug-likeness (QED) is 0.784. The number of carbonyl (C=O) groups is 1. The summed E-state index contributed by atoms with van der Waals surface area (Å²) in [6.07, 6.45) is 2.02. The fraction of sp³-hybridized carbons (Fsp3) is 0.500. The highest BCUT2D eigenvalue weighted by atomic mass is 16.7. The Hall–Kier alpha value is -1.63. The Morgan fingerprint density at radius 1 is 1.25 bits per heavy atom. The molecule has 6 heteroatoms. The smallest absolute Gasteiger partial charge is 0.481 e. The average molecular weight is 331 g/mol. The van der Waals surface area contributed by atoms with Gasteiger partial charge in [0.1, 0.15) is 0 Å². The molecule has 2 N–H and O–H groups in total. The van der Waals surface area contributed by atoms with Crippen LogP contribution >= 0.6 is 0 Å². The number of nitrogens with one attached hydrogen (secondary N) is 1. The number of hydrogen-bond acceptors (Lipinski definition) is 4. The van der Waals surface area contributed by atoms with Gasteiger partial charge in [0, 0.05) is 6.54 Å². The Labute approximate surface area is 144 Å². The van der Waals surface area contributed by atoms with E-state index in [2.05, 4.69) is 5.32 Å². The van der Waals surface area contributed by atoms with E-state index in [4.69, 9.17) is 14.4 Å². The van der Waals surface area contributed by atoms with Crippen LogP contribution in [0.1, 0.15) is 38.8 Å². The Morgan fingerprint density at radius 2 is 1.88 bits per heavy atom. The molecule has 1 aliphatic rings. The van der Waals surface area contributed by atoms with Crippen LogP contribution < -0.4 is 5.32 Å².